The van der Waals surface area contributed by atoms with Crippen molar-refractivity contribution in [3.63, 3.8) is 0 Å². The molecule has 80 valence electrons. The predicted octanol–water partition coefficient (Wildman–Crippen LogP) is 3.51. The lowest BCUT2D eigenvalue weighted by molar-refractivity contribution is 0.0696. The Morgan fingerprint density at radius 1 is 1.12 bits per heavy atom. The van der Waals surface area contributed by atoms with Gasteiger partial charge in [-0.25, -0.2) is 4.79 Å². The smallest absolute Gasteiger partial charge is 0.336 e. The Hall–Kier alpha value is -1.87. The van der Waals surface area contributed by atoms with Crippen molar-refractivity contribution in [3.05, 3.63) is 64.4 Å². The average molecular weight is 230 g/mol. The molecule has 0 radical (unpaired) electrons. The molecule has 0 spiro atoms. The van der Waals surface area contributed by atoms with Gasteiger partial charge in [0.25, 0.3) is 0 Å². The molecule has 0 aliphatic carbocycles. The number of carboxylic acid groups (broad SMARTS) is 1. The monoisotopic (exact) mass is 230 g/mol. The Balaban J connectivity index is 2.49. The van der Waals surface area contributed by atoms with E-state index in [1.165, 1.54) is 0 Å². The Labute approximate surface area is 97.5 Å². The van der Waals surface area contributed by atoms with Gasteiger partial charge in [-0.3, -0.25) is 0 Å². The lowest BCUT2D eigenvalue weighted by Crippen LogP contribution is -2.01. The van der Waals surface area contributed by atoms with Crippen LogP contribution in [-0.4, -0.2) is 11.1 Å². The van der Waals surface area contributed by atoms with Crippen molar-refractivity contribution in [2.45, 2.75) is 0 Å². The predicted molar refractivity (Wildman–Crippen MR) is 65.9 cm³/mol. The van der Waals surface area contributed by atoms with E-state index in [0.717, 1.165) is 10.5 Å². The topological polar surface area (TPSA) is 37.3 Å². The molecule has 1 heterocycles. The lowest BCUT2D eigenvalue weighted by Gasteiger charge is -2.07. The fourth-order valence-electron chi connectivity index (χ4n) is 1.52. The van der Waals surface area contributed by atoms with Gasteiger partial charge < -0.3 is 5.11 Å². The zero-order chi connectivity index (χ0) is 11.5. The van der Waals surface area contributed by atoms with E-state index in [9.17, 15) is 4.79 Å². The number of benzene rings is 1. The molecule has 0 aliphatic rings. The van der Waals surface area contributed by atoms with Crippen LogP contribution in [0, 0.1) is 0 Å². The van der Waals surface area contributed by atoms with Crippen LogP contribution in [0.1, 0.15) is 20.8 Å². The Morgan fingerprint density at radius 2 is 1.81 bits per heavy atom. The molecule has 0 atom stereocenters. The highest BCUT2D eigenvalue weighted by atomic mass is 32.1. The van der Waals surface area contributed by atoms with Crippen molar-refractivity contribution in [1.82, 2.24) is 0 Å². The van der Waals surface area contributed by atoms with Crippen molar-refractivity contribution in [3.8, 4) is 0 Å². The number of aromatic carboxylic acids is 1. The largest absolute Gasteiger partial charge is 0.478 e. The molecule has 0 fully saturated rings. The molecule has 0 amide bonds. The van der Waals surface area contributed by atoms with Crippen LogP contribution in [0.2, 0.25) is 0 Å². The van der Waals surface area contributed by atoms with Crippen LogP contribution in [0.25, 0.3) is 5.57 Å². The minimum atomic E-state index is -0.923. The van der Waals surface area contributed by atoms with Crippen LogP contribution in [-0.2, 0) is 0 Å². The highest BCUT2D eigenvalue weighted by Crippen LogP contribution is 2.27. The van der Waals surface area contributed by atoms with Crippen LogP contribution in [0.15, 0.2) is 48.4 Å². The summed E-state index contributed by atoms with van der Waals surface area (Å²) in [5.41, 5.74) is 1.73. The summed E-state index contributed by atoms with van der Waals surface area (Å²) in [6.07, 6.45) is 0. The zero-order valence-corrected chi connectivity index (χ0v) is 9.33. The molecule has 0 saturated carbocycles. The SMILES string of the molecule is C=C(c1cccs1)c1ccccc1C(=O)O. The molecule has 2 aromatic rings. The molecular formula is C13H10O2S. The van der Waals surface area contributed by atoms with Gasteiger partial charge in [0.1, 0.15) is 0 Å². The number of carbonyl (C=O) groups is 1. The van der Waals surface area contributed by atoms with Crippen LogP contribution in [0.3, 0.4) is 0 Å². The standard InChI is InChI=1S/C13H10O2S/c1-9(12-7-4-8-16-12)10-5-2-3-6-11(10)13(14)15/h2-8H,1H2,(H,14,15). The highest BCUT2D eigenvalue weighted by molar-refractivity contribution is 7.11. The molecule has 0 aliphatic heterocycles. The summed E-state index contributed by atoms with van der Waals surface area (Å²) < 4.78 is 0. The van der Waals surface area contributed by atoms with E-state index in [1.807, 2.05) is 23.6 Å². The second-order valence-corrected chi connectivity index (χ2v) is 4.25. The summed E-state index contributed by atoms with van der Waals surface area (Å²) >= 11 is 1.55. The van der Waals surface area contributed by atoms with Gasteiger partial charge >= 0.3 is 5.97 Å². The maximum Gasteiger partial charge on any atom is 0.336 e. The van der Waals surface area contributed by atoms with Crippen molar-refractivity contribution in [2.24, 2.45) is 0 Å². The molecule has 0 saturated heterocycles. The molecule has 1 aromatic heterocycles. The van der Waals surface area contributed by atoms with Gasteiger partial charge in [-0.05, 0) is 28.6 Å². The van der Waals surface area contributed by atoms with Crippen molar-refractivity contribution in [1.29, 1.82) is 0 Å². The first kappa shape index (κ1) is 10.6. The fourth-order valence-corrected chi connectivity index (χ4v) is 2.23. The van der Waals surface area contributed by atoms with Gasteiger partial charge in [0.05, 0.1) is 5.56 Å². The molecule has 0 bridgehead atoms. The van der Waals surface area contributed by atoms with E-state index in [-0.39, 0.29) is 0 Å². The van der Waals surface area contributed by atoms with Gasteiger partial charge in [-0.15, -0.1) is 11.3 Å². The van der Waals surface area contributed by atoms with E-state index in [4.69, 9.17) is 5.11 Å². The van der Waals surface area contributed by atoms with E-state index >= 15 is 0 Å². The van der Waals surface area contributed by atoms with Gasteiger partial charge in [0.15, 0.2) is 0 Å². The van der Waals surface area contributed by atoms with E-state index < -0.39 is 5.97 Å². The Morgan fingerprint density at radius 3 is 2.38 bits per heavy atom. The number of thiophene rings is 1. The third-order valence-electron chi connectivity index (χ3n) is 2.30. The van der Waals surface area contributed by atoms with Crippen molar-refractivity contribution in [2.75, 3.05) is 0 Å². The normalized spacial score (nSPS) is 10.0. The maximum absolute atomic E-state index is 11.1. The fraction of sp³-hybridized carbons (Fsp3) is 0. The van der Waals surface area contributed by atoms with E-state index in [2.05, 4.69) is 6.58 Å². The molecule has 16 heavy (non-hydrogen) atoms. The van der Waals surface area contributed by atoms with Crippen LogP contribution < -0.4 is 0 Å². The van der Waals surface area contributed by atoms with Crippen LogP contribution in [0.4, 0.5) is 0 Å². The zero-order valence-electron chi connectivity index (χ0n) is 8.51. The number of rotatable bonds is 3. The summed E-state index contributed by atoms with van der Waals surface area (Å²) in [6.45, 7) is 3.96. The van der Waals surface area contributed by atoms with Gasteiger partial charge in [-0.2, -0.15) is 0 Å². The summed E-state index contributed by atoms with van der Waals surface area (Å²) in [7, 11) is 0. The minimum Gasteiger partial charge on any atom is -0.478 e. The third kappa shape index (κ3) is 1.90. The van der Waals surface area contributed by atoms with Gasteiger partial charge in [-0.1, -0.05) is 30.8 Å². The summed E-state index contributed by atoms with van der Waals surface area (Å²) in [6, 6.07) is 10.8. The second kappa shape index (κ2) is 4.33. The molecule has 1 N–H and O–H groups in total. The van der Waals surface area contributed by atoms with E-state index in [1.54, 1.807) is 29.5 Å². The minimum absolute atomic E-state index is 0.293. The molecule has 3 heteroatoms. The first-order valence-corrected chi connectivity index (χ1v) is 5.63. The number of hydrogen-bond donors (Lipinski definition) is 1. The van der Waals surface area contributed by atoms with E-state index in [0.29, 0.717) is 11.1 Å². The van der Waals surface area contributed by atoms with Gasteiger partial charge in [0.2, 0.25) is 0 Å². The summed E-state index contributed by atoms with van der Waals surface area (Å²) in [4.78, 5) is 12.1. The number of carboxylic acids is 1. The maximum atomic E-state index is 11.1. The average Bonchev–Trinajstić information content (AvgIpc) is 2.81. The quantitative estimate of drug-likeness (QED) is 0.876. The molecule has 2 nitrogen and oxygen atoms in total. The van der Waals surface area contributed by atoms with Crippen LogP contribution in [0.5, 0.6) is 0 Å². The lowest BCUT2D eigenvalue weighted by atomic mass is 10.00. The van der Waals surface area contributed by atoms with Crippen molar-refractivity contribution < 1.29 is 9.90 Å². The highest BCUT2D eigenvalue weighted by Gasteiger charge is 2.12. The Bertz CT molecular complexity index is 527. The molecule has 1 aromatic carbocycles. The molecular weight excluding hydrogens is 220 g/mol. The van der Waals surface area contributed by atoms with Gasteiger partial charge in [0, 0.05) is 4.88 Å². The molecule has 2 rings (SSSR count). The number of hydrogen-bond acceptors (Lipinski definition) is 2. The summed E-state index contributed by atoms with van der Waals surface area (Å²) in [5.74, 6) is -0.923. The van der Waals surface area contributed by atoms with Crippen molar-refractivity contribution >= 4 is 22.9 Å². The summed E-state index contributed by atoms with van der Waals surface area (Å²) in [5, 5.41) is 11.0. The second-order valence-electron chi connectivity index (χ2n) is 3.31. The van der Waals surface area contributed by atoms with Crippen LogP contribution >= 0.6 is 11.3 Å². The first-order valence-electron chi connectivity index (χ1n) is 4.75. The Kier molecular flexibility index (Phi) is 2.88. The first-order chi connectivity index (χ1) is 7.70. The third-order valence-corrected chi connectivity index (χ3v) is 3.23. The molecule has 0 unspecified atom stereocenters.